The van der Waals surface area contributed by atoms with E-state index in [4.69, 9.17) is 9.47 Å². The van der Waals surface area contributed by atoms with Gasteiger partial charge in [-0.1, -0.05) is 0 Å². The Kier molecular flexibility index (Phi) is 4.19. The van der Waals surface area contributed by atoms with E-state index in [1.807, 2.05) is 6.07 Å². The molecule has 1 saturated heterocycles. The summed E-state index contributed by atoms with van der Waals surface area (Å²) in [5.41, 5.74) is 0.839. The maximum absolute atomic E-state index is 10.0. The summed E-state index contributed by atoms with van der Waals surface area (Å²) in [7, 11) is 4.32. The molecule has 6 nitrogen and oxygen atoms in total. The lowest BCUT2D eigenvalue weighted by Crippen LogP contribution is -2.53. The van der Waals surface area contributed by atoms with E-state index in [2.05, 4.69) is 29.2 Å². The number of benzene rings is 1. The second kappa shape index (κ2) is 6.09. The first-order valence-corrected chi connectivity index (χ1v) is 7.34. The van der Waals surface area contributed by atoms with Gasteiger partial charge in [-0.15, -0.1) is 0 Å². The van der Waals surface area contributed by atoms with E-state index in [1.165, 1.54) is 0 Å². The second-order valence-electron chi connectivity index (χ2n) is 5.86. The number of nitrogens with zero attached hydrogens (tertiary/aromatic N) is 2. The molecule has 0 saturated carbocycles. The molecule has 2 aliphatic rings. The molecule has 0 bridgehead atoms. The van der Waals surface area contributed by atoms with Crippen LogP contribution in [0.15, 0.2) is 12.1 Å². The number of hydrogen-bond acceptors (Lipinski definition) is 6. The summed E-state index contributed by atoms with van der Waals surface area (Å²) in [5, 5.41) is 13.4. The van der Waals surface area contributed by atoms with Crippen molar-refractivity contribution in [2.45, 2.75) is 12.6 Å². The van der Waals surface area contributed by atoms with E-state index < -0.39 is 0 Å². The number of rotatable bonds is 4. The Labute approximate surface area is 125 Å². The van der Waals surface area contributed by atoms with E-state index in [0.29, 0.717) is 24.1 Å². The number of phenols is 1. The van der Waals surface area contributed by atoms with Gasteiger partial charge < -0.3 is 24.8 Å². The first-order chi connectivity index (χ1) is 10.1. The number of ether oxygens (including phenoxy) is 2. The van der Waals surface area contributed by atoms with Gasteiger partial charge in [0.15, 0.2) is 11.5 Å². The van der Waals surface area contributed by atoms with Crippen LogP contribution >= 0.6 is 0 Å². The maximum Gasteiger partial charge on any atom is 0.231 e. The number of aromatic hydroxyl groups is 1. The van der Waals surface area contributed by atoms with Gasteiger partial charge in [-0.2, -0.15) is 0 Å². The van der Waals surface area contributed by atoms with E-state index in [-0.39, 0.29) is 12.5 Å². The molecule has 3 rings (SSSR count). The van der Waals surface area contributed by atoms with Gasteiger partial charge in [0.1, 0.15) is 5.75 Å². The Bertz CT molecular complexity index is 509. The highest BCUT2D eigenvalue weighted by Crippen LogP contribution is 2.37. The summed E-state index contributed by atoms with van der Waals surface area (Å²) in [6.07, 6.45) is 0. The molecule has 0 aliphatic carbocycles. The Morgan fingerprint density at radius 2 is 2.00 bits per heavy atom. The average molecular weight is 293 g/mol. The molecule has 21 heavy (non-hydrogen) atoms. The van der Waals surface area contributed by atoms with Gasteiger partial charge in [0.2, 0.25) is 6.79 Å². The van der Waals surface area contributed by atoms with Gasteiger partial charge in [-0.25, -0.2) is 0 Å². The van der Waals surface area contributed by atoms with Gasteiger partial charge >= 0.3 is 0 Å². The third-order valence-corrected chi connectivity index (χ3v) is 4.25. The highest BCUT2D eigenvalue weighted by molar-refractivity contribution is 5.51. The number of nitrogens with one attached hydrogen (secondary N) is 1. The van der Waals surface area contributed by atoms with Crippen molar-refractivity contribution >= 4 is 0 Å². The zero-order chi connectivity index (χ0) is 14.8. The molecule has 0 amide bonds. The smallest absolute Gasteiger partial charge is 0.231 e. The summed E-state index contributed by atoms with van der Waals surface area (Å²) in [6.45, 7) is 5.03. The van der Waals surface area contributed by atoms with Crippen LogP contribution in [0, 0.1) is 0 Å². The predicted octanol–water partition coefficient (Wildman–Crippen LogP) is 0.456. The van der Waals surface area contributed by atoms with Crippen molar-refractivity contribution in [3.63, 3.8) is 0 Å². The van der Waals surface area contributed by atoms with Crippen LogP contribution in [0.25, 0.3) is 0 Å². The van der Waals surface area contributed by atoms with Crippen molar-refractivity contribution in [1.82, 2.24) is 15.1 Å². The Hall–Kier alpha value is -1.50. The molecule has 0 spiro atoms. The zero-order valence-corrected chi connectivity index (χ0v) is 12.6. The molecule has 2 N–H and O–H groups in total. The fourth-order valence-corrected chi connectivity index (χ4v) is 2.81. The minimum absolute atomic E-state index is 0.227. The van der Waals surface area contributed by atoms with Crippen LogP contribution in [0.3, 0.4) is 0 Å². The van der Waals surface area contributed by atoms with Gasteiger partial charge in [0, 0.05) is 50.4 Å². The molecular formula is C15H23N3O3. The molecule has 2 heterocycles. The van der Waals surface area contributed by atoms with Crippen LogP contribution in [0.2, 0.25) is 0 Å². The topological polar surface area (TPSA) is 57.2 Å². The molecule has 1 unspecified atom stereocenters. The van der Waals surface area contributed by atoms with Crippen LogP contribution in [0.5, 0.6) is 17.2 Å². The first kappa shape index (κ1) is 14.4. The minimum atomic E-state index is 0.227. The summed E-state index contributed by atoms with van der Waals surface area (Å²) >= 11 is 0. The van der Waals surface area contributed by atoms with E-state index >= 15 is 0 Å². The van der Waals surface area contributed by atoms with Crippen LogP contribution in [0.1, 0.15) is 5.56 Å². The average Bonchev–Trinajstić information content (AvgIpc) is 2.90. The molecule has 6 heteroatoms. The molecule has 0 radical (unpaired) electrons. The van der Waals surface area contributed by atoms with Gasteiger partial charge in [0.25, 0.3) is 0 Å². The van der Waals surface area contributed by atoms with Crippen molar-refractivity contribution in [2.75, 3.05) is 47.1 Å². The molecule has 116 valence electrons. The van der Waals surface area contributed by atoms with Gasteiger partial charge in [-0.05, 0) is 20.2 Å². The number of piperazine rings is 1. The number of likely N-dealkylation sites (N-methyl/N-ethyl adjacent to an activating group) is 2. The van der Waals surface area contributed by atoms with Gasteiger partial charge in [-0.3, -0.25) is 4.90 Å². The SMILES string of the molecule is CN1CCN(C)C(CNCc2cc3c(cc2O)OCO3)C1. The Balaban J connectivity index is 1.56. The molecule has 1 aromatic rings. The third-order valence-electron chi connectivity index (χ3n) is 4.25. The maximum atomic E-state index is 10.0. The standard InChI is InChI=1S/C15H23N3O3/c1-17-3-4-18(2)12(9-17)8-16-7-11-5-14-15(6-13(11)19)21-10-20-14/h5-6,12,16,19H,3-4,7-10H2,1-2H3. The fourth-order valence-electron chi connectivity index (χ4n) is 2.81. The third kappa shape index (κ3) is 3.23. The zero-order valence-electron chi connectivity index (χ0n) is 12.6. The van der Waals surface area contributed by atoms with Crippen molar-refractivity contribution < 1.29 is 14.6 Å². The molecular weight excluding hydrogens is 270 g/mol. The van der Waals surface area contributed by atoms with E-state index in [9.17, 15) is 5.11 Å². The van der Waals surface area contributed by atoms with E-state index in [1.54, 1.807) is 6.07 Å². The number of fused-ring (bicyclic) bond motifs is 1. The van der Waals surface area contributed by atoms with Crippen LogP contribution in [-0.4, -0.2) is 68.0 Å². The summed E-state index contributed by atoms with van der Waals surface area (Å²) in [4.78, 5) is 4.73. The highest BCUT2D eigenvalue weighted by Gasteiger charge is 2.22. The predicted molar refractivity (Wildman–Crippen MR) is 79.9 cm³/mol. The van der Waals surface area contributed by atoms with E-state index in [0.717, 1.165) is 31.7 Å². The quantitative estimate of drug-likeness (QED) is 0.841. The van der Waals surface area contributed by atoms with Crippen LogP contribution in [0.4, 0.5) is 0 Å². The Morgan fingerprint density at radius 1 is 1.24 bits per heavy atom. The van der Waals surface area contributed by atoms with Crippen molar-refractivity contribution in [1.29, 1.82) is 0 Å². The molecule has 2 aliphatic heterocycles. The van der Waals surface area contributed by atoms with Crippen LogP contribution < -0.4 is 14.8 Å². The largest absolute Gasteiger partial charge is 0.507 e. The second-order valence-corrected chi connectivity index (χ2v) is 5.86. The van der Waals surface area contributed by atoms with Crippen molar-refractivity contribution in [2.24, 2.45) is 0 Å². The van der Waals surface area contributed by atoms with Crippen molar-refractivity contribution in [3.05, 3.63) is 17.7 Å². The monoisotopic (exact) mass is 293 g/mol. The lowest BCUT2D eigenvalue weighted by Gasteiger charge is -2.37. The normalized spacial score (nSPS) is 22.7. The molecule has 0 aromatic heterocycles. The van der Waals surface area contributed by atoms with Crippen LogP contribution in [-0.2, 0) is 6.54 Å². The molecule has 1 fully saturated rings. The summed E-state index contributed by atoms with van der Waals surface area (Å²) in [6, 6.07) is 3.97. The lowest BCUT2D eigenvalue weighted by atomic mass is 10.1. The van der Waals surface area contributed by atoms with Crippen molar-refractivity contribution in [3.8, 4) is 17.2 Å². The molecule has 1 atom stereocenters. The first-order valence-electron chi connectivity index (χ1n) is 7.34. The number of phenolic OH excluding ortho intramolecular Hbond substituents is 1. The lowest BCUT2D eigenvalue weighted by molar-refractivity contribution is 0.113. The Morgan fingerprint density at radius 3 is 2.81 bits per heavy atom. The summed E-state index contributed by atoms with van der Waals surface area (Å²) in [5.74, 6) is 1.57. The molecule has 1 aromatic carbocycles. The number of hydrogen-bond donors (Lipinski definition) is 2. The fraction of sp³-hybridized carbons (Fsp3) is 0.600. The minimum Gasteiger partial charge on any atom is -0.507 e. The highest BCUT2D eigenvalue weighted by atomic mass is 16.7. The summed E-state index contributed by atoms with van der Waals surface area (Å²) < 4.78 is 10.6. The van der Waals surface area contributed by atoms with Gasteiger partial charge in [0.05, 0.1) is 0 Å².